The minimum absolute atomic E-state index is 0.164. The van der Waals surface area contributed by atoms with Gasteiger partial charge in [0.15, 0.2) is 5.01 Å². The predicted octanol–water partition coefficient (Wildman–Crippen LogP) is 1.76. The van der Waals surface area contributed by atoms with Crippen LogP contribution in [-0.2, 0) is 10.0 Å². The lowest BCUT2D eigenvalue weighted by Crippen LogP contribution is -2.31. The van der Waals surface area contributed by atoms with Gasteiger partial charge in [-0.3, -0.25) is 19.5 Å². The zero-order valence-corrected chi connectivity index (χ0v) is 19.3. The highest BCUT2D eigenvalue weighted by Gasteiger charge is 2.35. The van der Waals surface area contributed by atoms with Crippen LogP contribution in [0.2, 0.25) is 0 Å². The maximum atomic E-state index is 12.7. The summed E-state index contributed by atoms with van der Waals surface area (Å²) in [6, 6.07) is 2.16. The number of rotatable bonds is 10. The largest absolute Gasteiger partial charge is 0.477 e. The molecule has 1 atom stereocenters. The van der Waals surface area contributed by atoms with Gasteiger partial charge in [-0.25, -0.2) is 18.4 Å². The van der Waals surface area contributed by atoms with Crippen LogP contribution < -0.4 is 14.8 Å². The number of nitrogens with one attached hydrogen (secondary N) is 2. The fourth-order valence-corrected chi connectivity index (χ4v) is 5.10. The second-order valence-electron chi connectivity index (χ2n) is 7.23. The highest BCUT2D eigenvalue weighted by atomic mass is 32.2. The third-order valence-corrected chi connectivity index (χ3v) is 7.59. The molecule has 1 aliphatic carbocycles. The molecule has 13 heteroatoms. The summed E-state index contributed by atoms with van der Waals surface area (Å²) in [5.41, 5.74) is 1.16. The number of anilines is 1. The van der Waals surface area contributed by atoms with E-state index in [4.69, 9.17) is 4.74 Å². The topological polar surface area (TPSA) is 156 Å². The molecule has 3 N–H and O–H groups in total. The van der Waals surface area contributed by atoms with Crippen LogP contribution in [0.15, 0.2) is 36.9 Å². The van der Waals surface area contributed by atoms with Crippen molar-refractivity contribution in [3.63, 3.8) is 0 Å². The van der Waals surface area contributed by atoms with Crippen LogP contribution in [-0.4, -0.2) is 57.8 Å². The first-order valence-electron chi connectivity index (χ1n) is 10.2. The predicted molar refractivity (Wildman–Crippen MR) is 121 cm³/mol. The number of amides is 1. The molecule has 0 saturated heterocycles. The van der Waals surface area contributed by atoms with Crippen LogP contribution in [0.3, 0.4) is 0 Å². The van der Waals surface area contributed by atoms with Crippen molar-refractivity contribution in [2.75, 3.05) is 17.9 Å². The van der Waals surface area contributed by atoms with E-state index in [1.807, 2.05) is 6.92 Å². The van der Waals surface area contributed by atoms with Crippen LogP contribution in [0.25, 0.3) is 10.6 Å². The lowest BCUT2D eigenvalue weighted by Gasteiger charge is -2.16. The molecule has 0 aromatic carbocycles. The van der Waals surface area contributed by atoms with Gasteiger partial charge in [0, 0.05) is 12.4 Å². The van der Waals surface area contributed by atoms with Gasteiger partial charge >= 0.3 is 0 Å². The Bertz CT molecular complexity index is 1250. The monoisotopic (exact) mass is 490 g/mol. The lowest BCUT2D eigenvalue weighted by atomic mass is 10.2. The van der Waals surface area contributed by atoms with Crippen molar-refractivity contribution in [3.05, 3.63) is 47.6 Å². The molecule has 1 amide bonds. The summed E-state index contributed by atoms with van der Waals surface area (Å²) >= 11 is 1.11. The van der Waals surface area contributed by atoms with Crippen LogP contribution in [0.1, 0.15) is 41.3 Å². The van der Waals surface area contributed by atoms with Gasteiger partial charge in [0.25, 0.3) is 5.91 Å². The molecular formula is C20H22N6O5S2. The van der Waals surface area contributed by atoms with Crippen molar-refractivity contribution in [1.29, 1.82) is 0 Å². The van der Waals surface area contributed by atoms with Gasteiger partial charge in [-0.2, -0.15) is 0 Å². The Hall–Kier alpha value is -3.16. The number of thiazole rings is 1. The Balaban J connectivity index is 1.46. The van der Waals surface area contributed by atoms with E-state index in [0.717, 1.165) is 11.3 Å². The van der Waals surface area contributed by atoms with E-state index in [2.05, 4.69) is 30.0 Å². The van der Waals surface area contributed by atoms with Gasteiger partial charge in [0.1, 0.15) is 5.69 Å². The number of carbonyl (C=O) groups is 1. The van der Waals surface area contributed by atoms with Crippen LogP contribution in [0.4, 0.5) is 5.69 Å². The first-order chi connectivity index (χ1) is 15.9. The Labute approximate surface area is 194 Å². The van der Waals surface area contributed by atoms with E-state index in [1.54, 1.807) is 6.20 Å². The minimum Gasteiger partial charge on any atom is -0.477 e. The van der Waals surface area contributed by atoms with E-state index in [-0.39, 0.29) is 10.3 Å². The molecule has 3 aromatic heterocycles. The van der Waals surface area contributed by atoms with Gasteiger partial charge in [0.2, 0.25) is 15.9 Å². The molecule has 1 fully saturated rings. The smallest absolute Gasteiger partial charge is 0.280 e. The van der Waals surface area contributed by atoms with Gasteiger partial charge in [-0.1, -0.05) is 0 Å². The molecule has 11 nitrogen and oxygen atoms in total. The van der Waals surface area contributed by atoms with Crippen molar-refractivity contribution in [2.24, 2.45) is 0 Å². The van der Waals surface area contributed by atoms with Crippen molar-refractivity contribution in [1.82, 2.24) is 25.3 Å². The van der Waals surface area contributed by atoms with Gasteiger partial charge < -0.3 is 15.2 Å². The van der Waals surface area contributed by atoms with Crippen molar-refractivity contribution >= 4 is 33.0 Å². The van der Waals surface area contributed by atoms with E-state index in [1.165, 1.54) is 30.7 Å². The molecule has 0 unspecified atom stereocenters. The van der Waals surface area contributed by atoms with Gasteiger partial charge in [-0.15, -0.1) is 11.3 Å². The molecule has 4 rings (SSSR count). The molecule has 0 bridgehead atoms. The van der Waals surface area contributed by atoms with Crippen molar-refractivity contribution in [2.45, 2.75) is 31.1 Å². The van der Waals surface area contributed by atoms with Crippen LogP contribution >= 0.6 is 11.3 Å². The normalized spacial score (nSPS) is 14.5. The summed E-state index contributed by atoms with van der Waals surface area (Å²) in [5.74, 6) is -0.136. The van der Waals surface area contributed by atoms with E-state index in [9.17, 15) is 18.3 Å². The molecule has 3 aromatic rings. The SMILES string of the molecule is CCOc1cncc(-c2cnc(C(=O)N[C@H](CO)c3cc(NS(=O)(=O)C4CC4)ccn3)s2)n1. The molecule has 0 aliphatic heterocycles. The molecule has 0 spiro atoms. The third-order valence-electron chi connectivity index (χ3n) is 4.71. The van der Waals surface area contributed by atoms with Crippen molar-refractivity contribution in [3.8, 4) is 16.5 Å². The fourth-order valence-electron chi connectivity index (χ4n) is 2.94. The van der Waals surface area contributed by atoms with Crippen LogP contribution in [0, 0.1) is 0 Å². The van der Waals surface area contributed by atoms with E-state index < -0.39 is 28.6 Å². The molecule has 174 valence electrons. The number of aromatic nitrogens is 4. The second kappa shape index (κ2) is 9.77. The van der Waals surface area contributed by atoms with Gasteiger partial charge in [-0.05, 0) is 31.9 Å². The summed E-state index contributed by atoms with van der Waals surface area (Å²) in [6.07, 6.45) is 7.25. The Morgan fingerprint density at radius 2 is 2.12 bits per heavy atom. The highest BCUT2D eigenvalue weighted by Crippen LogP contribution is 2.30. The standard InChI is InChI=1S/C20H22N6O5S2/c1-2-31-18-10-21-8-15(24-18)17-9-23-20(32-17)19(28)25-16(11-27)14-7-12(5-6-22-14)26-33(29,30)13-3-4-13/h5-10,13,16,27H,2-4,11H2,1H3,(H,22,26)(H,25,28)/t16-/m1/s1. The summed E-state index contributed by atoms with van der Waals surface area (Å²) < 4.78 is 32.2. The van der Waals surface area contributed by atoms with E-state index >= 15 is 0 Å². The maximum Gasteiger partial charge on any atom is 0.280 e. The highest BCUT2D eigenvalue weighted by molar-refractivity contribution is 7.93. The molecule has 33 heavy (non-hydrogen) atoms. The lowest BCUT2D eigenvalue weighted by molar-refractivity contribution is 0.0914. The first-order valence-corrected chi connectivity index (χ1v) is 12.6. The summed E-state index contributed by atoms with van der Waals surface area (Å²) in [7, 11) is -3.44. The Kier molecular flexibility index (Phi) is 6.81. The number of hydrogen-bond acceptors (Lipinski definition) is 10. The number of aliphatic hydroxyl groups is 1. The third kappa shape index (κ3) is 5.61. The zero-order valence-electron chi connectivity index (χ0n) is 17.6. The minimum atomic E-state index is -3.44. The number of sulfonamides is 1. The molecule has 3 heterocycles. The second-order valence-corrected chi connectivity index (χ2v) is 10.2. The first kappa shape index (κ1) is 23.0. The number of aliphatic hydroxyl groups excluding tert-OH is 1. The summed E-state index contributed by atoms with van der Waals surface area (Å²) in [5, 5.41) is 12.3. The molecule has 1 aliphatic rings. The van der Waals surface area contributed by atoms with Crippen LogP contribution in [0.5, 0.6) is 5.88 Å². The van der Waals surface area contributed by atoms with Gasteiger partial charge in [0.05, 0.1) is 53.2 Å². The maximum absolute atomic E-state index is 12.7. The summed E-state index contributed by atoms with van der Waals surface area (Å²) in [6.45, 7) is 1.86. The summed E-state index contributed by atoms with van der Waals surface area (Å²) in [4.78, 5) is 30.1. The Morgan fingerprint density at radius 1 is 1.30 bits per heavy atom. The number of ether oxygens (including phenoxy) is 1. The number of pyridine rings is 1. The molecule has 1 saturated carbocycles. The fraction of sp³-hybridized carbons (Fsp3) is 0.350. The quantitative estimate of drug-likeness (QED) is 0.385. The molecule has 0 radical (unpaired) electrons. The number of carbonyl (C=O) groups excluding carboxylic acids is 1. The zero-order chi connectivity index (χ0) is 23.4. The number of hydrogen-bond donors (Lipinski definition) is 3. The van der Waals surface area contributed by atoms with E-state index in [0.29, 0.717) is 47.3 Å². The average Bonchev–Trinajstić information content (AvgIpc) is 3.56. The molecular weight excluding hydrogens is 468 g/mol. The van der Waals surface area contributed by atoms with Crippen molar-refractivity contribution < 1.29 is 23.1 Å². The Morgan fingerprint density at radius 3 is 2.85 bits per heavy atom. The average molecular weight is 491 g/mol. The number of nitrogens with zero attached hydrogens (tertiary/aromatic N) is 4.